The maximum Gasteiger partial charge on any atom is 0.216 e. The predicted octanol–water partition coefficient (Wildman–Crippen LogP) is 1.83. The highest BCUT2D eigenvalue weighted by molar-refractivity contribution is 7.90. The SMILES string of the molecule is CN1[C@H](COCC2CC2)CCC12CCN(S(=O)(=O)C1CC1)CC2. The van der Waals surface area contributed by atoms with Crippen molar-refractivity contribution in [1.82, 2.24) is 9.21 Å². The van der Waals surface area contributed by atoms with Crippen LogP contribution in [0.1, 0.15) is 51.4 Å². The third kappa shape index (κ3) is 3.20. The molecule has 0 N–H and O–H groups in total. The van der Waals surface area contributed by atoms with Crippen molar-refractivity contribution in [3.8, 4) is 0 Å². The fourth-order valence-corrected chi connectivity index (χ4v) is 6.22. The van der Waals surface area contributed by atoms with E-state index in [1.165, 1.54) is 25.7 Å². The van der Waals surface area contributed by atoms with Crippen LogP contribution in [0, 0.1) is 5.92 Å². The largest absolute Gasteiger partial charge is 0.380 e. The predicted molar refractivity (Wildman–Crippen MR) is 89.8 cm³/mol. The topological polar surface area (TPSA) is 49.9 Å². The Balaban J connectivity index is 1.31. The fourth-order valence-electron chi connectivity index (χ4n) is 4.38. The molecule has 1 atom stereocenters. The quantitative estimate of drug-likeness (QED) is 0.739. The molecule has 1 spiro atoms. The van der Waals surface area contributed by atoms with Crippen molar-refractivity contribution >= 4 is 10.0 Å². The molecule has 4 fully saturated rings. The van der Waals surface area contributed by atoms with Gasteiger partial charge in [0.05, 0.1) is 11.9 Å². The Labute approximate surface area is 140 Å². The second-order valence-electron chi connectivity index (χ2n) is 8.15. The van der Waals surface area contributed by atoms with Crippen molar-refractivity contribution in [1.29, 1.82) is 0 Å². The Kier molecular flexibility index (Phi) is 4.23. The van der Waals surface area contributed by atoms with E-state index in [9.17, 15) is 8.42 Å². The molecule has 23 heavy (non-hydrogen) atoms. The molecule has 2 saturated carbocycles. The molecule has 0 aromatic heterocycles. The van der Waals surface area contributed by atoms with E-state index in [2.05, 4.69) is 11.9 Å². The van der Waals surface area contributed by atoms with Crippen LogP contribution < -0.4 is 0 Å². The highest BCUT2D eigenvalue weighted by Crippen LogP contribution is 2.42. The number of hydrogen-bond donors (Lipinski definition) is 0. The van der Waals surface area contributed by atoms with Gasteiger partial charge < -0.3 is 4.74 Å². The van der Waals surface area contributed by atoms with Crippen LogP contribution in [0.4, 0.5) is 0 Å². The van der Waals surface area contributed by atoms with Gasteiger partial charge in [0, 0.05) is 31.3 Å². The van der Waals surface area contributed by atoms with Crippen molar-refractivity contribution in [3.63, 3.8) is 0 Å². The molecule has 132 valence electrons. The molecule has 6 heteroatoms. The van der Waals surface area contributed by atoms with Gasteiger partial charge in [-0.05, 0) is 64.3 Å². The molecule has 0 unspecified atom stereocenters. The van der Waals surface area contributed by atoms with Crippen LogP contribution in [0.25, 0.3) is 0 Å². The van der Waals surface area contributed by atoms with Crippen LogP contribution in [0.2, 0.25) is 0 Å². The maximum atomic E-state index is 12.4. The summed E-state index contributed by atoms with van der Waals surface area (Å²) in [5.74, 6) is 0.825. The molecule has 0 aromatic carbocycles. The van der Waals surface area contributed by atoms with Gasteiger partial charge in [0.25, 0.3) is 0 Å². The number of ether oxygens (including phenoxy) is 1. The van der Waals surface area contributed by atoms with Gasteiger partial charge in [-0.15, -0.1) is 0 Å². The highest BCUT2D eigenvalue weighted by Gasteiger charge is 2.49. The summed E-state index contributed by atoms with van der Waals surface area (Å²) >= 11 is 0. The molecule has 0 bridgehead atoms. The second kappa shape index (κ2) is 5.97. The lowest BCUT2D eigenvalue weighted by atomic mass is 9.86. The molecule has 2 aliphatic carbocycles. The molecule has 4 rings (SSSR count). The summed E-state index contributed by atoms with van der Waals surface area (Å²) in [5, 5.41) is -0.0681. The first-order chi connectivity index (χ1) is 11.0. The molecule has 2 aliphatic heterocycles. The minimum atomic E-state index is -2.99. The zero-order valence-corrected chi connectivity index (χ0v) is 15.1. The van der Waals surface area contributed by atoms with E-state index in [0.717, 1.165) is 44.8 Å². The van der Waals surface area contributed by atoms with Gasteiger partial charge >= 0.3 is 0 Å². The Hall–Kier alpha value is -0.170. The first kappa shape index (κ1) is 16.3. The lowest BCUT2D eigenvalue weighted by Gasteiger charge is -2.44. The maximum absolute atomic E-state index is 12.4. The van der Waals surface area contributed by atoms with Crippen LogP contribution in [-0.4, -0.2) is 67.8 Å². The van der Waals surface area contributed by atoms with Crippen molar-refractivity contribution in [2.45, 2.75) is 68.2 Å². The molecule has 2 saturated heterocycles. The summed E-state index contributed by atoms with van der Waals surface area (Å²) in [6.45, 7) is 3.20. The first-order valence-electron chi connectivity index (χ1n) is 9.31. The number of likely N-dealkylation sites (tertiary alicyclic amines) is 1. The van der Waals surface area contributed by atoms with Gasteiger partial charge in [0.1, 0.15) is 0 Å². The number of piperidine rings is 1. The van der Waals surface area contributed by atoms with Crippen LogP contribution in [-0.2, 0) is 14.8 Å². The van der Waals surface area contributed by atoms with E-state index in [0.29, 0.717) is 19.1 Å². The second-order valence-corrected chi connectivity index (χ2v) is 10.4. The molecule has 0 radical (unpaired) electrons. The first-order valence-corrected chi connectivity index (χ1v) is 10.8. The Bertz CT molecular complexity index is 534. The van der Waals surface area contributed by atoms with Crippen molar-refractivity contribution < 1.29 is 13.2 Å². The van der Waals surface area contributed by atoms with Crippen molar-refractivity contribution in [3.05, 3.63) is 0 Å². The van der Waals surface area contributed by atoms with E-state index in [1.807, 2.05) is 0 Å². The van der Waals surface area contributed by atoms with E-state index in [4.69, 9.17) is 4.74 Å². The van der Waals surface area contributed by atoms with Crippen LogP contribution in [0.3, 0.4) is 0 Å². The summed E-state index contributed by atoms with van der Waals surface area (Å²) in [6, 6.07) is 0.514. The number of likely N-dealkylation sites (N-methyl/N-ethyl adjacent to an activating group) is 1. The van der Waals surface area contributed by atoms with Gasteiger partial charge in [0.2, 0.25) is 10.0 Å². The van der Waals surface area contributed by atoms with E-state index in [-0.39, 0.29) is 10.8 Å². The Morgan fingerprint density at radius 1 is 1.00 bits per heavy atom. The normalized spacial score (nSPS) is 32.7. The number of rotatable bonds is 6. The third-order valence-electron chi connectivity index (χ3n) is 6.56. The van der Waals surface area contributed by atoms with Crippen LogP contribution in [0.5, 0.6) is 0 Å². The lowest BCUT2D eigenvalue weighted by molar-refractivity contribution is 0.0282. The van der Waals surface area contributed by atoms with Gasteiger partial charge in [0.15, 0.2) is 0 Å². The number of nitrogens with zero attached hydrogens (tertiary/aromatic N) is 2. The molecule has 5 nitrogen and oxygen atoms in total. The Morgan fingerprint density at radius 2 is 1.70 bits per heavy atom. The molecule has 2 heterocycles. The van der Waals surface area contributed by atoms with Crippen LogP contribution >= 0.6 is 0 Å². The zero-order valence-electron chi connectivity index (χ0n) is 14.2. The average Bonchev–Trinajstić information content (AvgIpc) is 3.43. The van der Waals surface area contributed by atoms with Crippen LogP contribution in [0.15, 0.2) is 0 Å². The van der Waals surface area contributed by atoms with Gasteiger partial charge in [-0.25, -0.2) is 12.7 Å². The minimum Gasteiger partial charge on any atom is -0.380 e. The van der Waals surface area contributed by atoms with Gasteiger partial charge in [-0.3, -0.25) is 4.90 Å². The standard InChI is InChI=1S/C17H30N2O3S/c1-18-15(13-22-12-14-2-3-14)6-7-17(18)8-10-19(11-9-17)23(20,21)16-4-5-16/h14-16H,2-13H2,1H3/t15-/m0/s1. The zero-order chi connectivity index (χ0) is 16.1. The average molecular weight is 343 g/mol. The van der Waals surface area contributed by atoms with Gasteiger partial charge in [-0.1, -0.05) is 0 Å². The van der Waals surface area contributed by atoms with Gasteiger partial charge in [-0.2, -0.15) is 0 Å². The fraction of sp³-hybridized carbons (Fsp3) is 1.00. The Morgan fingerprint density at radius 3 is 2.30 bits per heavy atom. The summed E-state index contributed by atoms with van der Waals surface area (Å²) < 4.78 is 32.5. The number of sulfonamides is 1. The van der Waals surface area contributed by atoms with Crippen molar-refractivity contribution in [2.24, 2.45) is 5.92 Å². The molecule has 4 aliphatic rings. The van der Waals surface area contributed by atoms with E-state index < -0.39 is 10.0 Å². The molecule has 0 amide bonds. The highest BCUT2D eigenvalue weighted by atomic mass is 32.2. The smallest absolute Gasteiger partial charge is 0.216 e. The lowest BCUT2D eigenvalue weighted by Crippen LogP contribution is -2.54. The third-order valence-corrected chi connectivity index (χ3v) is 8.96. The van der Waals surface area contributed by atoms with Crippen molar-refractivity contribution in [2.75, 3.05) is 33.4 Å². The molecular weight excluding hydrogens is 312 g/mol. The summed E-state index contributed by atoms with van der Waals surface area (Å²) in [4.78, 5) is 2.51. The number of hydrogen-bond acceptors (Lipinski definition) is 4. The summed E-state index contributed by atoms with van der Waals surface area (Å²) in [5.41, 5.74) is 0.211. The van der Waals surface area contributed by atoms with E-state index in [1.54, 1.807) is 4.31 Å². The summed E-state index contributed by atoms with van der Waals surface area (Å²) in [7, 11) is -0.767. The minimum absolute atomic E-state index is 0.0681. The summed E-state index contributed by atoms with van der Waals surface area (Å²) in [6.07, 6.45) is 8.76. The monoisotopic (exact) mass is 342 g/mol. The van der Waals surface area contributed by atoms with E-state index >= 15 is 0 Å². The molecular formula is C17H30N2O3S. The molecule has 0 aromatic rings.